The van der Waals surface area contributed by atoms with Gasteiger partial charge in [0.05, 0.1) is 22.7 Å². The molecular weight excluding hydrogens is 348 g/mol. The number of hydrogen-bond donors (Lipinski definition) is 0. The van der Waals surface area contributed by atoms with Gasteiger partial charge in [-0.3, -0.25) is 4.98 Å². The number of aryl methyl sites for hydroxylation is 1. The summed E-state index contributed by atoms with van der Waals surface area (Å²) in [6.45, 7) is 1.86. The van der Waals surface area contributed by atoms with Crippen LogP contribution in [-0.2, 0) is 0 Å². The van der Waals surface area contributed by atoms with Crippen LogP contribution in [0, 0.1) is 18.3 Å². The van der Waals surface area contributed by atoms with Crippen LogP contribution in [-0.4, -0.2) is 11.0 Å². The van der Waals surface area contributed by atoms with Crippen molar-refractivity contribution in [2.45, 2.75) is 6.92 Å². The summed E-state index contributed by atoms with van der Waals surface area (Å²) in [6, 6.07) is 26.0. The number of aromatic nitrogens is 1. The van der Waals surface area contributed by atoms with Crippen LogP contribution >= 0.6 is 0 Å². The summed E-state index contributed by atoms with van der Waals surface area (Å²) in [7, 11) is 0. The molecule has 0 bridgehead atoms. The lowest BCUT2D eigenvalue weighted by Crippen LogP contribution is -2.10. The van der Waals surface area contributed by atoms with Gasteiger partial charge in [-0.15, -0.1) is 0 Å². The van der Waals surface area contributed by atoms with Crippen molar-refractivity contribution in [3.05, 3.63) is 95.7 Å². The molecule has 0 saturated heterocycles. The monoisotopic (exact) mass is 364 g/mol. The Morgan fingerprint density at radius 1 is 0.929 bits per heavy atom. The van der Waals surface area contributed by atoms with Gasteiger partial charge in [0.2, 0.25) is 0 Å². The zero-order valence-electron chi connectivity index (χ0n) is 15.2. The number of esters is 1. The predicted molar refractivity (Wildman–Crippen MR) is 108 cm³/mol. The molecule has 1 aromatic heterocycles. The molecule has 4 aromatic rings. The second-order valence-electron chi connectivity index (χ2n) is 6.43. The number of benzene rings is 3. The van der Waals surface area contributed by atoms with Gasteiger partial charge in [-0.05, 0) is 54.4 Å². The molecule has 4 rings (SSSR count). The fourth-order valence-electron chi connectivity index (χ4n) is 3.09. The number of hydrogen-bond acceptors (Lipinski definition) is 4. The summed E-state index contributed by atoms with van der Waals surface area (Å²) >= 11 is 0. The third kappa shape index (κ3) is 3.46. The Kier molecular flexibility index (Phi) is 4.57. The normalized spacial score (nSPS) is 10.4. The van der Waals surface area contributed by atoms with Crippen molar-refractivity contribution < 1.29 is 9.53 Å². The molecule has 1 heterocycles. The van der Waals surface area contributed by atoms with Gasteiger partial charge >= 0.3 is 5.97 Å². The molecule has 0 unspecified atom stereocenters. The number of ether oxygens (including phenoxy) is 1. The van der Waals surface area contributed by atoms with E-state index in [2.05, 4.69) is 11.1 Å². The Hall–Kier alpha value is -3.97. The second kappa shape index (κ2) is 7.34. The number of carbonyl (C=O) groups excluding carboxylic acids is 1. The van der Waals surface area contributed by atoms with E-state index >= 15 is 0 Å². The first-order chi connectivity index (χ1) is 13.6. The van der Waals surface area contributed by atoms with E-state index in [1.54, 1.807) is 30.3 Å². The molecule has 0 radical (unpaired) electrons. The van der Waals surface area contributed by atoms with Crippen LogP contribution in [0.2, 0.25) is 0 Å². The SMILES string of the molecule is Cc1cc(C(=O)Oc2ccc(-c3ccc(C#N)cc3)cc2)c2ccccc2n1. The summed E-state index contributed by atoms with van der Waals surface area (Å²) < 4.78 is 5.58. The Bertz CT molecular complexity index is 1200. The van der Waals surface area contributed by atoms with Crippen LogP contribution in [0.3, 0.4) is 0 Å². The lowest BCUT2D eigenvalue weighted by Gasteiger charge is -2.09. The maximum atomic E-state index is 12.7. The van der Waals surface area contributed by atoms with E-state index < -0.39 is 5.97 Å². The Balaban J connectivity index is 1.58. The number of pyridine rings is 1. The quantitative estimate of drug-likeness (QED) is 0.365. The van der Waals surface area contributed by atoms with Gasteiger partial charge in [-0.2, -0.15) is 5.26 Å². The molecule has 0 N–H and O–H groups in total. The van der Waals surface area contributed by atoms with Crippen LogP contribution in [0.4, 0.5) is 0 Å². The summed E-state index contributed by atoms with van der Waals surface area (Å²) in [5.41, 5.74) is 4.63. The van der Waals surface area contributed by atoms with E-state index in [-0.39, 0.29) is 0 Å². The average molecular weight is 364 g/mol. The van der Waals surface area contributed by atoms with Gasteiger partial charge in [-0.25, -0.2) is 4.79 Å². The molecule has 0 aliphatic carbocycles. The van der Waals surface area contributed by atoms with E-state index in [1.165, 1.54) is 0 Å². The molecule has 134 valence electrons. The number of para-hydroxylation sites is 1. The maximum Gasteiger partial charge on any atom is 0.344 e. The number of fused-ring (bicyclic) bond motifs is 1. The Morgan fingerprint density at radius 2 is 1.57 bits per heavy atom. The van der Waals surface area contributed by atoms with Gasteiger partial charge < -0.3 is 4.74 Å². The van der Waals surface area contributed by atoms with E-state index in [1.807, 2.05) is 55.5 Å². The number of nitriles is 1. The van der Waals surface area contributed by atoms with Gasteiger partial charge in [0, 0.05) is 11.1 Å². The highest BCUT2D eigenvalue weighted by Gasteiger charge is 2.14. The van der Waals surface area contributed by atoms with Crippen LogP contribution in [0.25, 0.3) is 22.0 Å². The molecule has 0 spiro atoms. The number of nitrogens with zero attached hydrogens (tertiary/aromatic N) is 2. The fraction of sp³-hybridized carbons (Fsp3) is 0.0417. The van der Waals surface area contributed by atoms with E-state index in [9.17, 15) is 4.79 Å². The lowest BCUT2D eigenvalue weighted by atomic mass is 10.0. The smallest absolute Gasteiger partial charge is 0.344 e. The van der Waals surface area contributed by atoms with Crippen LogP contribution in [0.1, 0.15) is 21.6 Å². The first-order valence-electron chi connectivity index (χ1n) is 8.83. The van der Waals surface area contributed by atoms with E-state index in [0.717, 1.165) is 27.7 Å². The summed E-state index contributed by atoms with van der Waals surface area (Å²) in [5, 5.41) is 9.66. The molecule has 0 atom stereocenters. The molecule has 4 heteroatoms. The van der Waals surface area contributed by atoms with Crippen LogP contribution in [0.15, 0.2) is 78.9 Å². The maximum absolute atomic E-state index is 12.7. The zero-order valence-corrected chi connectivity index (χ0v) is 15.2. The van der Waals surface area contributed by atoms with Gasteiger partial charge in [0.1, 0.15) is 5.75 Å². The van der Waals surface area contributed by atoms with Gasteiger partial charge in [0.25, 0.3) is 0 Å². The van der Waals surface area contributed by atoms with Crippen molar-refractivity contribution in [1.82, 2.24) is 4.98 Å². The second-order valence-corrected chi connectivity index (χ2v) is 6.43. The zero-order chi connectivity index (χ0) is 19.5. The first-order valence-corrected chi connectivity index (χ1v) is 8.83. The highest BCUT2D eigenvalue weighted by molar-refractivity contribution is 6.04. The molecule has 0 aliphatic rings. The largest absolute Gasteiger partial charge is 0.423 e. The van der Waals surface area contributed by atoms with Gasteiger partial charge in [-0.1, -0.05) is 42.5 Å². The van der Waals surface area contributed by atoms with Gasteiger partial charge in [0.15, 0.2) is 0 Å². The number of rotatable bonds is 3. The van der Waals surface area contributed by atoms with Crippen molar-refractivity contribution in [3.8, 4) is 22.9 Å². The fourth-order valence-corrected chi connectivity index (χ4v) is 3.09. The topological polar surface area (TPSA) is 63.0 Å². The summed E-state index contributed by atoms with van der Waals surface area (Å²) in [4.78, 5) is 17.2. The molecule has 3 aromatic carbocycles. The molecule has 0 saturated carbocycles. The van der Waals surface area contributed by atoms with Crippen molar-refractivity contribution in [2.75, 3.05) is 0 Å². The van der Waals surface area contributed by atoms with Crippen molar-refractivity contribution in [1.29, 1.82) is 5.26 Å². The van der Waals surface area contributed by atoms with Crippen LogP contribution in [0.5, 0.6) is 5.75 Å². The lowest BCUT2D eigenvalue weighted by molar-refractivity contribution is 0.0736. The van der Waals surface area contributed by atoms with E-state index in [4.69, 9.17) is 10.00 Å². The molecule has 0 amide bonds. The first kappa shape index (κ1) is 17.4. The molecule has 4 nitrogen and oxygen atoms in total. The molecule has 0 fully saturated rings. The standard InChI is InChI=1S/C24H16N2O2/c1-16-14-22(21-4-2-3-5-23(21)26-16)24(27)28-20-12-10-19(11-13-20)18-8-6-17(15-25)7-9-18/h2-14H,1H3. The molecule has 28 heavy (non-hydrogen) atoms. The van der Waals surface area contributed by atoms with Crippen molar-refractivity contribution >= 4 is 16.9 Å². The van der Waals surface area contributed by atoms with E-state index in [0.29, 0.717) is 16.9 Å². The third-order valence-corrected chi connectivity index (χ3v) is 4.48. The molecule has 0 aliphatic heterocycles. The van der Waals surface area contributed by atoms with Crippen molar-refractivity contribution in [3.63, 3.8) is 0 Å². The Morgan fingerprint density at radius 3 is 2.25 bits per heavy atom. The minimum absolute atomic E-state index is 0.409. The predicted octanol–water partition coefficient (Wildman–Crippen LogP) is 5.30. The molecular formula is C24H16N2O2. The summed E-state index contributed by atoms with van der Waals surface area (Å²) in [5.74, 6) is 0.0637. The van der Waals surface area contributed by atoms with Crippen molar-refractivity contribution in [2.24, 2.45) is 0 Å². The van der Waals surface area contributed by atoms with Crippen LogP contribution < -0.4 is 4.74 Å². The number of carbonyl (C=O) groups is 1. The minimum atomic E-state index is -0.409. The highest BCUT2D eigenvalue weighted by Crippen LogP contribution is 2.24. The average Bonchev–Trinajstić information content (AvgIpc) is 2.73. The third-order valence-electron chi connectivity index (χ3n) is 4.48. The summed E-state index contributed by atoms with van der Waals surface area (Å²) in [6.07, 6.45) is 0. The highest BCUT2D eigenvalue weighted by atomic mass is 16.5. The minimum Gasteiger partial charge on any atom is -0.423 e. The Labute approximate surface area is 162 Å².